The lowest BCUT2D eigenvalue weighted by Crippen LogP contribution is -2.14. The van der Waals surface area contributed by atoms with Gasteiger partial charge in [-0.25, -0.2) is 8.42 Å². The van der Waals surface area contributed by atoms with E-state index in [-0.39, 0.29) is 10.8 Å². The van der Waals surface area contributed by atoms with Crippen molar-refractivity contribution in [2.45, 2.75) is 18.7 Å². The average Bonchev–Trinajstić information content (AvgIpc) is 2.62. The van der Waals surface area contributed by atoms with Crippen molar-refractivity contribution in [3.05, 3.63) is 89.5 Å². The summed E-state index contributed by atoms with van der Waals surface area (Å²) in [5.41, 5.74) is 3.45. The van der Waals surface area contributed by atoms with Crippen LogP contribution in [0.4, 0.5) is 11.4 Å². The maximum atomic E-state index is 12.5. The fourth-order valence-electron chi connectivity index (χ4n) is 2.67. The molecule has 3 rings (SSSR count). The lowest BCUT2D eigenvalue weighted by Gasteiger charge is -2.10. The van der Waals surface area contributed by atoms with Crippen LogP contribution in [0.2, 0.25) is 0 Å². The molecule has 0 aliphatic rings. The van der Waals surface area contributed by atoms with Gasteiger partial charge in [0.2, 0.25) is 0 Å². The van der Waals surface area contributed by atoms with Gasteiger partial charge in [0.1, 0.15) is 0 Å². The highest BCUT2D eigenvalue weighted by Crippen LogP contribution is 2.19. The van der Waals surface area contributed by atoms with Crippen LogP contribution in [0.15, 0.2) is 77.7 Å². The van der Waals surface area contributed by atoms with Crippen molar-refractivity contribution in [1.29, 1.82) is 0 Å². The van der Waals surface area contributed by atoms with E-state index in [0.29, 0.717) is 16.9 Å². The van der Waals surface area contributed by atoms with Crippen LogP contribution in [0.1, 0.15) is 21.5 Å². The zero-order valence-electron chi connectivity index (χ0n) is 15.1. The fourth-order valence-corrected chi connectivity index (χ4v) is 3.72. The summed E-state index contributed by atoms with van der Waals surface area (Å²) >= 11 is 0. The van der Waals surface area contributed by atoms with Gasteiger partial charge in [-0.15, -0.1) is 0 Å². The molecule has 0 fully saturated rings. The topological polar surface area (TPSA) is 75.3 Å². The first-order chi connectivity index (χ1) is 12.8. The largest absolute Gasteiger partial charge is 0.322 e. The first kappa shape index (κ1) is 18.7. The van der Waals surface area contributed by atoms with E-state index in [0.717, 1.165) is 11.1 Å². The summed E-state index contributed by atoms with van der Waals surface area (Å²) in [6, 6.07) is 20.5. The van der Waals surface area contributed by atoms with Crippen LogP contribution in [0.25, 0.3) is 0 Å². The molecule has 27 heavy (non-hydrogen) atoms. The standard InChI is InChI=1S/C21H20N2O3S/c1-15-6-5-8-18(14-15)23-27(25,26)19-12-10-17(11-13-19)22-21(24)20-9-4-3-7-16(20)2/h3-14,23H,1-2H3,(H,22,24). The summed E-state index contributed by atoms with van der Waals surface area (Å²) in [4.78, 5) is 12.5. The van der Waals surface area contributed by atoms with E-state index < -0.39 is 10.0 Å². The Morgan fingerprint density at radius 3 is 2.19 bits per heavy atom. The normalized spacial score (nSPS) is 11.0. The van der Waals surface area contributed by atoms with Gasteiger partial charge in [-0.05, 0) is 67.4 Å². The molecule has 1 amide bonds. The smallest absolute Gasteiger partial charge is 0.261 e. The maximum Gasteiger partial charge on any atom is 0.261 e. The Morgan fingerprint density at radius 2 is 1.52 bits per heavy atom. The van der Waals surface area contributed by atoms with Gasteiger partial charge in [0.15, 0.2) is 0 Å². The third-order valence-electron chi connectivity index (χ3n) is 4.08. The molecular formula is C21H20N2O3S. The first-order valence-electron chi connectivity index (χ1n) is 8.42. The Bertz CT molecular complexity index is 1070. The van der Waals surface area contributed by atoms with E-state index in [1.54, 1.807) is 42.5 Å². The van der Waals surface area contributed by atoms with E-state index in [1.807, 2.05) is 32.0 Å². The van der Waals surface area contributed by atoms with Crippen molar-refractivity contribution in [2.75, 3.05) is 10.0 Å². The minimum Gasteiger partial charge on any atom is -0.322 e. The molecule has 0 bridgehead atoms. The van der Waals surface area contributed by atoms with Gasteiger partial charge in [-0.3, -0.25) is 9.52 Å². The molecule has 138 valence electrons. The molecule has 0 saturated heterocycles. The van der Waals surface area contributed by atoms with E-state index in [9.17, 15) is 13.2 Å². The third-order valence-corrected chi connectivity index (χ3v) is 5.48. The van der Waals surface area contributed by atoms with Gasteiger partial charge >= 0.3 is 0 Å². The van der Waals surface area contributed by atoms with Crippen molar-refractivity contribution in [1.82, 2.24) is 0 Å². The van der Waals surface area contributed by atoms with Crippen LogP contribution in [-0.4, -0.2) is 14.3 Å². The van der Waals surface area contributed by atoms with E-state index in [4.69, 9.17) is 0 Å². The maximum absolute atomic E-state index is 12.5. The third kappa shape index (κ3) is 4.54. The predicted molar refractivity (Wildman–Crippen MR) is 108 cm³/mol. The zero-order valence-corrected chi connectivity index (χ0v) is 15.9. The molecule has 2 N–H and O–H groups in total. The lowest BCUT2D eigenvalue weighted by atomic mass is 10.1. The Morgan fingerprint density at radius 1 is 0.815 bits per heavy atom. The van der Waals surface area contributed by atoms with Crippen molar-refractivity contribution in [3.8, 4) is 0 Å². The molecule has 0 saturated carbocycles. The van der Waals surface area contributed by atoms with Crippen LogP contribution < -0.4 is 10.0 Å². The summed E-state index contributed by atoms with van der Waals surface area (Å²) in [6.45, 7) is 3.76. The predicted octanol–water partition coefficient (Wildman–Crippen LogP) is 4.36. The summed E-state index contributed by atoms with van der Waals surface area (Å²) in [5.74, 6) is -0.235. The van der Waals surface area contributed by atoms with Crippen LogP contribution >= 0.6 is 0 Å². The molecule has 0 unspecified atom stereocenters. The van der Waals surface area contributed by atoms with Gasteiger partial charge in [0.25, 0.3) is 15.9 Å². The van der Waals surface area contributed by atoms with Crippen molar-refractivity contribution in [3.63, 3.8) is 0 Å². The molecule has 0 aliphatic carbocycles. The van der Waals surface area contributed by atoms with Crippen molar-refractivity contribution in [2.24, 2.45) is 0 Å². The highest BCUT2D eigenvalue weighted by atomic mass is 32.2. The van der Waals surface area contributed by atoms with Gasteiger partial charge in [0.05, 0.1) is 4.90 Å². The molecule has 0 radical (unpaired) electrons. The number of carbonyl (C=O) groups is 1. The summed E-state index contributed by atoms with van der Waals surface area (Å²) in [7, 11) is -3.70. The molecule has 3 aromatic rings. The number of benzene rings is 3. The Balaban J connectivity index is 1.75. The van der Waals surface area contributed by atoms with E-state index >= 15 is 0 Å². The number of hydrogen-bond donors (Lipinski definition) is 2. The minimum absolute atomic E-state index is 0.123. The second kappa shape index (κ2) is 7.63. The SMILES string of the molecule is Cc1cccc(NS(=O)(=O)c2ccc(NC(=O)c3ccccc3C)cc2)c1. The average molecular weight is 380 g/mol. The van der Waals surface area contributed by atoms with Gasteiger partial charge < -0.3 is 5.32 Å². The molecule has 5 nitrogen and oxygen atoms in total. The number of hydrogen-bond acceptors (Lipinski definition) is 3. The Hall–Kier alpha value is -3.12. The number of rotatable bonds is 5. The summed E-state index contributed by atoms with van der Waals surface area (Å²) in [6.07, 6.45) is 0. The molecule has 0 atom stereocenters. The second-order valence-electron chi connectivity index (χ2n) is 6.27. The van der Waals surface area contributed by atoms with E-state index in [1.165, 1.54) is 12.1 Å². The number of sulfonamides is 1. The quantitative estimate of drug-likeness (QED) is 0.691. The van der Waals surface area contributed by atoms with Crippen LogP contribution in [0.3, 0.4) is 0 Å². The minimum atomic E-state index is -3.70. The Kier molecular flexibility index (Phi) is 5.28. The number of anilines is 2. The zero-order chi connectivity index (χ0) is 19.4. The molecule has 6 heteroatoms. The fraction of sp³-hybridized carbons (Fsp3) is 0.0952. The van der Waals surface area contributed by atoms with Gasteiger partial charge in [-0.1, -0.05) is 30.3 Å². The molecule has 3 aromatic carbocycles. The number of nitrogens with one attached hydrogen (secondary N) is 2. The molecule has 0 spiro atoms. The molecule has 0 aromatic heterocycles. The highest BCUT2D eigenvalue weighted by Gasteiger charge is 2.15. The van der Waals surface area contributed by atoms with Gasteiger partial charge in [0, 0.05) is 16.9 Å². The summed E-state index contributed by atoms with van der Waals surface area (Å²) in [5, 5.41) is 2.78. The molecule has 0 heterocycles. The lowest BCUT2D eigenvalue weighted by molar-refractivity contribution is 0.102. The van der Waals surface area contributed by atoms with Crippen LogP contribution in [0.5, 0.6) is 0 Å². The van der Waals surface area contributed by atoms with Crippen molar-refractivity contribution < 1.29 is 13.2 Å². The van der Waals surface area contributed by atoms with E-state index in [2.05, 4.69) is 10.0 Å². The van der Waals surface area contributed by atoms with Gasteiger partial charge in [-0.2, -0.15) is 0 Å². The summed E-state index contributed by atoms with van der Waals surface area (Å²) < 4.78 is 27.6. The number of aryl methyl sites for hydroxylation is 2. The van der Waals surface area contributed by atoms with Crippen LogP contribution in [0, 0.1) is 13.8 Å². The number of amides is 1. The monoisotopic (exact) mass is 380 g/mol. The van der Waals surface area contributed by atoms with Crippen LogP contribution in [-0.2, 0) is 10.0 Å². The first-order valence-corrected chi connectivity index (χ1v) is 9.90. The van der Waals surface area contributed by atoms with Crippen molar-refractivity contribution >= 4 is 27.3 Å². The molecule has 0 aliphatic heterocycles. The molecular weight excluding hydrogens is 360 g/mol. The Labute approximate surface area is 159 Å². The highest BCUT2D eigenvalue weighted by molar-refractivity contribution is 7.92. The second-order valence-corrected chi connectivity index (χ2v) is 7.95. The number of carbonyl (C=O) groups excluding carboxylic acids is 1.